The Bertz CT molecular complexity index is 658. The maximum atomic E-state index is 12.5. The highest BCUT2D eigenvalue weighted by atomic mass is 16.5. The molecule has 138 valence electrons. The van der Waals surface area contributed by atoms with Gasteiger partial charge in [0.05, 0.1) is 6.54 Å². The lowest BCUT2D eigenvalue weighted by molar-refractivity contribution is -0.132. The van der Waals surface area contributed by atoms with Gasteiger partial charge in [-0.25, -0.2) is 4.79 Å². The smallest absolute Gasteiger partial charge is 0.324 e. The lowest BCUT2D eigenvalue weighted by atomic mass is 9.80. The molecule has 0 unspecified atom stereocenters. The predicted octanol–water partition coefficient (Wildman–Crippen LogP) is 1.42. The largest absolute Gasteiger partial charge is 0.339 e. The number of likely N-dealkylation sites (N-methyl/N-ethyl adjacent to an activating group) is 1. The minimum absolute atomic E-state index is 0.0738. The molecule has 0 spiro atoms. The topological polar surface area (TPSA) is 91.6 Å². The Morgan fingerprint density at radius 2 is 2.16 bits per heavy atom. The van der Waals surface area contributed by atoms with Gasteiger partial charge in [0.1, 0.15) is 5.54 Å². The molecule has 2 aliphatic heterocycles. The fourth-order valence-electron chi connectivity index (χ4n) is 3.73. The summed E-state index contributed by atoms with van der Waals surface area (Å²) in [4.78, 5) is 32.2. The fraction of sp³-hybridized carbons (Fsp3) is 0.765. The average molecular weight is 349 g/mol. The van der Waals surface area contributed by atoms with Crippen molar-refractivity contribution in [2.75, 3.05) is 20.1 Å². The maximum Gasteiger partial charge on any atom is 0.324 e. The first kappa shape index (κ1) is 17.8. The van der Waals surface area contributed by atoms with E-state index in [1.54, 1.807) is 0 Å². The van der Waals surface area contributed by atoms with E-state index in [0.29, 0.717) is 24.2 Å². The molecule has 8 nitrogen and oxygen atoms in total. The number of aromatic nitrogens is 2. The third kappa shape index (κ3) is 3.53. The number of hydrogen-bond donors (Lipinski definition) is 1. The quantitative estimate of drug-likeness (QED) is 0.809. The van der Waals surface area contributed by atoms with Gasteiger partial charge in [-0.15, -0.1) is 0 Å². The molecule has 2 atom stereocenters. The number of carbonyl (C=O) groups excluding carboxylic acids is 2. The summed E-state index contributed by atoms with van der Waals surface area (Å²) in [5.41, 5.74) is -0.829. The maximum absolute atomic E-state index is 12.5. The van der Waals surface area contributed by atoms with Gasteiger partial charge < -0.3 is 9.84 Å². The molecule has 1 aromatic rings. The summed E-state index contributed by atoms with van der Waals surface area (Å²) >= 11 is 0. The van der Waals surface area contributed by atoms with Crippen LogP contribution in [0.1, 0.15) is 45.3 Å². The molecular weight excluding hydrogens is 322 g/mol. The van der Waals surface area contributed by atoms with Gasteiger partial charge in [-0.2, -0.15) is 4.98 Å². The molecule has 0 saturated carbocycles. The molecule has 0 aliphatic carbocycles. The lowest BCUT2D eigenvalue weighted by Gasteiger charge is -2.39. The molecule has 0 radical (unpaired) electrons. The van der Waals surface area contributed by atoms with Crippen LogP contribution in [-0.4, -0.2) is 57.6 Å². The van der Waals surface area contributed by atoms with Gasteiger partial charge in [-0.05, 0) is 32.2 Å². The second-order valence-electron chi connectivity index (χ2n) is 7.77. The van der Waals surface area contributed by atoms with Crippen molar-refractivity contribution in [3.05, 3.63) is 11.7 Å². The van der Waals surface area contributed by atoms with Crippen molar-refractivity contribution in [1.29, 1.82) is 0 Å². The minimum Gasteiger partial charge on any atom is -0.339 e. The summed E-state index contributed by atoms with van der Waals surface area (Å²) in [6.45, 7) is 8.32. The second kappa shape index (κ2) is 6.74. The molecule has 3 heterocycles. The van der Waals surface area contributed by atoms with E-state index in [9.17, 15) is 9.59 Å². The molecule has 1 N–H and O–H groups in total. The van der Waals surface area contributed by atoms with Gasteiger partial charge >= 0.3 is 6.03 Å². The lowest BCUT2D eigenvalue weighted by Crippen LogP contribution is -2.55. The van der Waals surface area contributed by atoms with Crippen LogP contribution in [0.15, 0.2) is 4.52 Å². The van der Waals surface area contributed by atoms with E-state index in [1.165, 1.54) is 11.9 Å². The van der Waals surface area contributed by atoms with Gasteiger partial charge in [0, 0.05) is 25.9 Å². The summed E-state index contributed by atoms with van der Waals surface area (Å²) in [7, 11) is 1.53. The normalized spacial score (nSPS) is 28.0. The average Bonchev–Trinajstić information content (AvgIpc) is 3.06. The SMILES string of the molecule is CC(C)Cc1nc(CN2CCC[C@@H]([C@@]3(C)NC(=O)N(C)C3=O)C2)no1. The van der Waals surface area contributed by atoms with Crippen LogP contribution >= 0.6 is 0 Å². The summed E-state index contributed by atoms with van der Waals surface area (Å²) < 4.78 is 5.30. The van der Waals surface area contributed by atoms with Crippen LogP contribution < -0.4 is 5.32 Å². The van der Waals surface area contributed by atoms with Crippen molar-refractivity contribution < 1.29 is 14.1 Å². The van der Waals surface area contributed by atoms with Crippen molar-refractivity contribution in [3.8, 4) is 0 Å². The Kier molecular flexibility index (Phi) is 4.81. The van der Waals surface area contributed by atoms with Crippen molar-refractivity contribution in [2.45, 2.75) is 52.1 Å². The van der Waals surface area contributed by atoms with E-state index in [0.717, 1.165) is 32.4 Å². The Morgan fingerprint density at radius 1 is 1.40 bits per heavy atom. The molecule has 0 aromatic carbocycles. The highest BCUT2D eigenvalue weighted by molar-refractivity contribution is 6.06. The Hall–Kier alpha value is -1.96. The molecule has 1 aromatic heterocycles. The van der Waals surface area contributed by atoms with Gasteiger partial charge in [0.25, 0.3) is 5.91 Å². The number of nitrogens with one attached hydrogen (secondary N) is 1. The van der Waals surface area contributed by atoms with E-state index in [4.69, 9.17) is 4.52 Å². The first-order valence-corrected chi connectivity index (χ1v) is 8.93. The van der Waals surface area contributed by atoms with E-state index in [-0.39, 0.29) is 17.9 Å². The molecule has 2 fully saturated rings. The number of piperidine rings is 1. The molecule has 0 bridgehead atoms. The van der Waals surface area contributed by atoms with Crippen molar-refractivity contribution in [3.63, 3.8) is 0 Å². The van der Waals surface area contributed by atoms with Crippen LogP contribution in [0.4, 0.5) is 4.79 Å². The third-order valence-electron chi connectivity index (χ3n) is 5.20. The summed E-state index contributed by atoms with van der Waals surface area (Å²) in [5.74, 6) is 1.75. The van der Waals surface area contributed by atoms with Crippen molar-refractivity contribution in [2.24, 2.45) is 11.8 Å². The zero-order valence-corrected chi connectivity index (χ0v) is 15.4. The molecule has 25 heavy (non-hydrogen) atoms. The summed E-state index contributed by atoms with van der Waals surface area (Å²) in [6.07, 6.45) is 2.67. The monoisotopic (exact) mass is 349 g/mol. The first-order valence-electron chi connectivity index (χ1n) is 8.93. The van der Waals surface area contributed by atoms with Gasteiger partial charge in [0.15, 0.2) is 5.82 Å². The zero-order valence-electron chi connectivity index (χ0n) is 15.4. The Morgan fingerprint density at radius 3 is 2.80 bits per heavy atom. The fourth-order valence-corrected chi connectivity index (χ4v) is 3.73. The van der Waals surface area contributed by atoms with Crippen LogP contribution in [0.25, 0.3) is 0 Å². The number of carbonyl (C=O) groups is 2. The molecular formula is C17H27N5O3. The van der Waals surface area contributed by atoms with E-state index < -0.39 is 5.54 Å². The Balaban J connectivity index is 1.64. The summed E-state index contributed by atoms with van der Waals surface area (Å²) in [6, 6.07) is -0.318. The van der Waals surface area contributed by atoms with E-state index in [1.807, 2.05) is 6.92 Å². The van der Waals surface area contributed by atoms with Crippen molar-refractivity contribution in [1.82, 2.24) is 25.3 Å². The van der Waals surface area contributed by atoms with E-state index >= 15 is 0 Å². The first-order chi connectivity index (χ1) is 11.8. The Labute approximate surface area is 147 Å². The molecule has 2 aliphatic rings. The van der Waals surface area contributed by atoms with Crippen LogP contribution in [0.3, 0.4) is 0 Å². The number of rotatable bonds is 5. The highest BCUT2D eigenvalue weighted by Crippen LogP contribution is 2.32. The van der Waals surface area contributed by atoms with Gasteiger partial charge in [-0.1, -0.05) is 19.0 Å². The van der Waals surface area contributed by atoms with E-state index in [2.05, 4.69) is 34.2 Å². The molecule has 3 amide bonds. The second-order valence-corrected chi connectivity index (χ2v) is 7.77. The van der Waals surface area contributed by atoms with Crippen LogP contribution in [0.2, 0.25) is 0 Å². The highest BCUT2D eigenvalue weighted by Gasteiger charge is 2.51. The van der Waals surface area contributed by atoms with Gasteiger partial charge in [0.2, 0.25) is 5.89 Å². The molecule has 2 saturated heterocycles. The van der Waals surface area contributed by atoms with Crippen molar-refractivity contribution >= 4 is 11.9 Å². The summed E-state index contributed by atoms with van der Waals surface area (Å²) in [5, 5.41) is 6.94. The number of imide groups is 1. The number of urea groups is 1. The van der Waals surface area contributed by atoms with Crippen LogP contribution in [0.5, 0.6) is 0 Å². The third-order valence-corrected chi connectivity index (χ3v) is 5.20. The van der Waals surface area contributed by atoms with Crippen LogP contribution in [0, 0.1) is 11.8 Å². The number of likely N-dealkylation sites (tertiary alicyclic amines) is 1. The predicted molar refractivity (Wildman–Crippen MR) is 90.5 cm³/mol. The molecule has 8 heteroatoms. The molecule has 3 rings (SSSR count). The number of amides is 3. The zero-order chi connectivity index (χ0) is 18.2. The number of nitrogens with zero attached hydrogens (tertiary/aromatic N) is 4. The number of hydrogen-bond acceptors (Lipinski definition) is 6. The standard InChI is InChI=1S/C17H27N5O3/c1-11(2)8-14-18-13(20-25-14)10-22-7-5-6-12(9-22)17(3)15(23)21(4)16(24)19-17/h11-12H,5-10H2,1-4H3,(H,19,24)/t12-,17-/m1/s1. The minimum atomic E-state index is -0.829. The van der Waals surface area contributed by atoms with Crippen LogP contribution in [-0.2, 0) is 17.8 Å². The van der Waals surface area contributed by atoms with Gasteiger partial charge in [-0.3, -0.25) is 14.6 Å².